The maximum absolute atomic E-state index is 13.1. The number of likely N-dealkylation sites (N-methyl/N-ethyl adjacent to an activating group) is 1. The minimum atomic E-state index is -4.11. The Morgan fingerprint density at radius 3 is 2.41 bits per heavy atom. The number of aromatic nitrogens is 1. The average Bonchev–Trinajstić information content (AvgIpc) is 2.96. The maximum atomic E-state index is 13.1. The second-order valence-electron chi connectivity index (χ2n) is 6.62. The number of benzene rings is 1. The zero-order valence-corrected chi connectivity index (χ0v) is 18.1. The Labute approximate surface area is 171 Å². The summed E-state index contributed by atoms with van der Waals surface area (Å²) < 4.78 is 32.2. The highest BCUT2D eigenvalue weighted by atomic mass is 32.2. The van der Waals surface area contributed by atoms with Crippen molar-refractivity contribution in [2.24, 2.45) is 0 Å². The summed E-state index contributed by atoms with van der Waals surface area (Å²) in [4.78, 5) is 27.5. The molecule has 0 aliphatic heterocycles. The van der Waals surface area contributed by atoms with Crippen LogP contribution in [0.1, 0.15) is 41.2 Å². The molecular weight excluding hydrogens is 394 g/mol. The molecule has 8 nitrogen and oxygen atoms in total. The van der Waals surface area contributed by atoms with E-state index in [1.807, 2.05) is 19.1 Å². The van der Waals surface area contributed by atoms with Crippen LogP contribution >= 0.6 is 0 Å². The number of para-hydroxylation sites is 1. The van der Waals surface area contributed by atoms with Crippen molar-refractivity contribution < 1.29 is 22.7 Å². The number of hydrogen-bond acceptors (Lipinski definition) is 5. The number of ether oxygens (including phenoxy) is 1. The molecule has 0 spiro atoms. The number of aromatic amines is 1. The summed E-state index contributed by atoms with van der Waals surface area (Å²) in [5.74, 6) is -1.19. The van der Waals surface area contributed by atoms with Gasteiger partial charge in [-0.25, -0.2) is 13.2 Å². The number of sulfonamides is 1. The van der Waals surface area contributed by atoms with E-state index in [0.717, 1.165) is 16.3 Å². The van der Waals surface area contributed by atoms with Gasteiger partial charge >= 0.3 is 5.97 Å². The van der Waals surface area contributed by atoms with E-state index in [2.05, 4.69) is 10.3 Å². The van der Waals surface area contributed by atoms with Crippen LogP contribution < -0.4 is 5.32 Å². The molecular formula is C20H27N3O5S. The monoisotopic (exact) mass is 421 g/mol. The number of hydrogen-bond donors (Lipinski definition) is 2. The second kappa shape index (κ2) is 9.23. The molecule has 0 atom stereocenters. The van der Waals surface area contributed by atoms with Gasteiger partial charge in [-0.1, -0.05) is 25.1 Å². The number of nitrogens with zero attached hydrogens (tertiary/aromatic N) is 1. The number of amides is 1. The van der Waals surface area contributed by atoms with Crippen molar-refractivity contribution in [2.75, 3.05) is 25.5 Å². The van der Waals surface area contributed by atoms with Crippen LogP contribution in [0.2, 0.25) is 0 Å². The third kappa shape index (κ3) is 4.86. The molecule has 0 saturated carbocycles. The molecule has 158 valence electrons. The fourth-order valence-electron chi connectivity index (χ4n) is 3.11. The average molecular weight is 422 g/mol. The first-order valence-electron chi connectivity index (χ1n) is 9.33. The first-order chi connectivity index (χ1) is 13.6. The van der Waals surface area contributed by atoms with E-state index in [1.54, 1.807) is 32.9 Å². The Hall–Kier alpha value is -2.65. The molecule has 0 radical (unpaired) electrons. The lowest BCUT2D eigenvalue weighted by atomic mass is 10.1. The zero-order valence-electron chi connectivity index (χ0n) is 17.3. The van der Waals surface area contributed by atoms with Gasteiger partial charge in [-0.3, -0.25) is 4.79 Å². The summed E-state index contributed by atoms with van der Waals surface area (Å²) in [5.41, 5.74) is 2.27. The lowest BCUT2D eigenvalue weighted by molar-refractivity contribution is -0.116. The van der Waals surface area contributed by atoms with Crippen molar-refractivity contribution in [3.63, 3.8) is 0 Å². The van der Waals surface area contributed by atoms with E-state index in [1.165, 1.54) is 7.05 Å². The van der Waals surface area contributed by atoms with Crippen molar-refractivity contribution in [1.29, 1.82) is 0 Å². The fourth-order valence-corrected chi connectivity index (χ4v) is 4.64. The molecule has 1 heterocycles. The van der Waals surface area contributed by atoms with Crippen molar-refractivity contribution in [3.05, 3.63) is 46.8 Å². The van der Waals surface area contributed by atoms with E-state index < -0.39 is 28.4 Å². The Bertz CT molecular complexity index is 1010. The summed E-state index contributed by atoms with van der Waals surface area (Å²) in [6, 6.07) is 7.34. The van der Waals surface area contributed by atoms with Crippen molar-refractivity contribution >= 4 is 27.6 Å². The predicted octanol–water partition coefficient (Wildman–Crippen LogP) is 2.63. The van der Waals surface area contributed by atoms with Gasteiger partial charge in [-0.2, -0.15) is 4.31 Å². The molecule has 1 aromatic carbocycles. The summed E-state index contributed by atoms with van der Waals surface area (Å²) in [7, 11) is -2.80. The van der Waals surface area contributed by atoms with E-state index in [0.29, 0.717) is 17.1 Å². The number of aryl methyl sites for hydroxylation is 3. The Balaban J connectivity index is 2.28. The molecule has 0 aliphatic carbocycles. The Kier molecular flexibility index (Phi) is 7.21. The maximum Gasteiger partial charge on any atom is 0.341 e. The molecule has 1 aromatic heterocycles. The molecule has 1 amide bonds. The predicted molar refractivity (Wildman–Crippen MR) is 110 cm³/mol. The van der Waals surface area contributed by atoms with Gasteiger partial charge in [0.1, 0.15) is 10.5 Å². The molecule has 29 heavy (non-hydrogen) atoms. The largest absolute Gasteiger partial charge is 0.462 e. The highest BCUT2D eigenvalue weighted by Gasteiger charge is 2.33. The summed E-state index contributed by atoms with van der Waals surface area (Å²) in [6.45, 7) is 6.51. The third-order valence-corrected chi connectivity index (χ3v) is 6.48. The molecule has 0 bridgehead atoms. The SMILES string of the molecule is CCOC(=O)c1c(C)[nH]c(C)c1S(=O)(=O)N(C)CC(=O)Nc1ccccc1CC. The lowest BCUT2D eigenvalue weighted by Gasteiger charge is -2.18. The van der Waals surface area contributed by atoms with Crippen molar-refractivity contribution in [2.45, 2.75) is 39.0 Å². The fraction of sp³-hybridized carbons (Fsp3) is 0.400. The van der Waals surface area contributed by atoms with Gasteiger partial charge in [-0.15, -0.1) is 0 Å². The van der Waals surface area contributed by atoms with E-state index in [4.69, 9.17) is 4.74 Å². The summed E-state index contributed by atoms with van der Waals surface area (Å²) in [6.07, 6.45) is 0.731. The first-order valence-corrected chi connectivity index (χ1v) is 10.8. The minimum Gasteiger partial charge on any atom is -0.462 e. The topological polar surface area (TPSA) is 109 Å². The number of H-pyrrole nitrogens is 1. The van der Waals surface area contributed by atoms with Crippen molar-refractivity contribution in [1.82, 2.24) is 9.29 Å². The number of nitrogens with one attached hydrogen (secondary N) is 2. The normalized spacial score (nSPS) is 11.5. The third-order valence-electron chi connectivity index (χ3n) is 4.50. The second-order valence-corrected chi connectivity index (χ2v) is 8.60. The highest BCUT2D eigenvalue weighted by Crippen LogP contribution is 2.27. The van der Waals surface area contributed by atoms with E-state index in [-0.39, 0.29) is 17.1 Å². The Morgan fingerprint density at radius 1 is 1.14 bits per heavy atom. The number of carbonyl (C=O) groups is 2. The molecule has 0 unspecified atom stereocenters. The van der Waals surface area contributed by atoms with Gasteiger partial charge in [0.05, 0.1) is 13.2 Å². The van der Waals surface area contributed by atoms with Crippen LogP contribution in [0, 0.1) is 13.8 Å². The summed E-state index contributed by atoms with van der Waals surface area (Å²) in [5, 5.41) is 2.75. The molecule has 0 saturated heterocycles. The quantitative estimate of drug-likeness (QED) is 0.637. The molecule has 2 N–H and O–H groups in total. The van der Waals surface area contributed by atoms with Gasteiger partial charge in [0.25, 0.3) is 0 Å². The molecule has 2 aromatic rings. The van der Waals surface area contributed by atoms with Crippen LogP contribution in [0.5, 0.6) is 0 Å². The smallest absolute Gasteiger partial charge is 0.341 e. The van der Waals surface area contributed by atoms with Crippen LogP contribution in [-0.2, 0) is 26.0 Å². The van der Waals surface area contributed by atoms with Gasteiger partial charge in [0, 0.05) is 24.1 Å². The standard InChI is InChI=1S/C20H27N3O5S/c1-6-15-10-8-9-11-16(15)22-17(24)12-23(5)29(26,27)19-14(4)21-13(3)18(19)20(25)28-7-2/h8-11,21H,6-7,12H2,1-5H3,(H,22,24). The minimum absolute atomic E-state index is 0.0343. The van der Waals surface area contributed by atoms with Gasteiger partial charge in [-0.05, 0) is 38.8 Å². The van der Waals surface area contributed by atoms with Gasteiger partial charge in [0.15, 0.2) is 0 Å². The van der Waals surface area contributed by atoms with Gasteiger partial charge in [0.2, 0.25) is 15.9 Å². The highest BCUT2D eigenvalue weighted by molar-refractivity contribution is 7.89. The number of carbonyl (C=O) groups excluding carboxylic acids is 2. The number of anilines is 1. The molecule has 9 heteroatoms. The van der Waals surface area contributed by atoms with Crippen LogP contribution in [0.15, 0.2) is 29.2 Å². The molecule has 0 aliphatic rings. The first kappa shape index (κ1) is 22.6. The van der Waals surface area contributed by atoms with Crippen molar-refractivity contribution in [3.8, 4) is 0 Å². The lowest BCUT2D eigenvalue weighted by Crippen LogP contribution is -2.36. The van der Waals surface area contributed by atoms with E-state index >= 15 is 0 Å². The van der Waals surface area contributed by atoms with Crippen LogP contribution in [0.25, 0.3) is 0 Å². The number of rotatable bonds is 8. The van der Waals surface area contributed by atoms with Crippen LogP contribution in [-0.4, -0.2) is 49.8 Å². The molecule has 2 rings (SSSR count). The molecule has 0 fully saturated rings. The van der Waals surface area contributed by atoms with E-state index in [9.17, 15) is 18.0 Å². The number of esters is 1. The van der Waals surface area contributed by atoms with Crippen LogP contribution in [0.3, 0.4) is 0 Å². The summed E-state index contributed by atoms with van der Waals surface area (Å²) >= 11 is 0. The van der Waals surface area contributed by atoms with Crippen LogP contribution in [0.4, 0.5) is 5.69 Å². The van der Waals surface area contributed by atoms with Gasteiger partial charge < -0.3 is 15.0 Å². The Morgan fingerprint density at radius 2 is 1.79 bits per heavy atom. The zero-order chi connectivity index (χ0) is 21.8.